The van der Waals surface area contributed by atoms with Crippen LogP contribution < -0.4 is 0 Å². The van der Waals surface area contributed by atoms with E-state index in [1.54, 1.807) is 30.3 Å². The minimum Gasteiger partial charge on any atom is -0.460 e. The molecule has 0 amide bonds. The average molecular weight is 334 g/mol. The number of rotatable bonds is 4. The molecule has 3 rings (SSSR count). The molecule has 0 radical (unpaired) electrons. The number of ether oxygens (including phenoxy) is 1. The topological polar surface area (TPSA) is 43.4 Å². The predicted octanol–water partition coefficient (Wildman–Crippen LogP) is 3.56. The molecular weight excluding hydrogens is 321 g/mol. The Labute approximate surface area is 136 Å². The maximum atomic E-state index is 13.7. The molecule has 1 atom stereocenters. The van der Waals surface area contributed by atoms with Crippen LogP contribution in [0.4, 0.5) is 13.2 Å². The first kappa shape index (κ1) is 16.2. The van der Waals surface area contributed by atoms with Gasteiger partial charge in [-0.3, -0.25) is 9.59 Å². The van der Waals surface area contributed by atoms with E-state index < -0.39 is 35.8 Å². The van der Waals surface area contributed by atoms with Crippen LogP contribution in [0.2, 0.25) is 0 Å². The van der Waals surface area contributed by atoms with Gasteiger partial charge in [0.05, 0.1) is 0 Å². The van der Waals surface area contributed by atoms with Gasteiger partial charge in [0.2, 0.25) is 0 Å². The van der Waals surface area contributed by atoms with Crippen LogP contribution in [0.5, 0.6) is 0 Å². The van der Waals surface area contributed by atoms with Crippen LogP contribution in [0.3, 0.4) is 0 Å². The molecule has 1 aliphatic rings. The van der Waals surface area contributed by atoms with Crippen LogP contribution >= 0.6 is 0 Å². The highest BCUT2D eigenvalue weighted by molar-refractivity contribution is 6.16. The monoisotopic (exact) mass is 334 g/mol. The highest BCUT2D eigenvalue weighted by Crippen LogP contribution is 2.43. The molecule has 6 heteroatoms. The molecule has 0 fully saturated rings. The fourth-order valence-corrected chi connectivity index (χ4v) is 2.83. The van der Waals surface area contributed by atoms with E-state index in [9.17, 15) is 22.8 Å². The molecule has 0 aromatic heterocycles. The van der Waals surface area contributed by atoms with E-state index in [4.69, 9.17) is 4.74 Å². The first-order valence-electron chi connectivity index (χ1n) is 7.27. The quantitative estimate of drug-likeness (QED) is 0.634. The molecule has 124 valence electrons. The second-order valence-corrected chi connectivity index (χ2v) is 5.64. The summed E-state index contributed by atoms with van der Waals surface area (Å²) in [5.41, 5.74) is -1.96. The van der Waals surface area contributed by atoms with Gasteiger partial charge in [-0.15, -0.1) is 0 Å². The lowest BCUT2D eigenvalue weighted by Gasteiger charge is -2.24. The highest BCUT2D eigenvalue weighted by Gasteiger charge is 2.59. The van der Waals surface area contributed by atoms with E-state index in [1.807, 2.05) is 0 Å². The number of hydrogen-bond donors (Lipinski definition) is 0. The molecule has 0 saturated carbocycles. The van der Waals surface area contributed by atoms with Crippen LogP contribution in [0, 0.1) is 11.2 Å². The van der Waals surface area contributed by atoms with Gasteiger partial charge >= 0.3 is 5.97 Å². The summed E-state index contributed by atoms with van der Waals surface area (Å²) >= 11 is 0. The number of carbonyl (C=O) groups is 2. The molecule has 0 N–H and O–H groups in total. The van der Waals surface area contributed by atoms with Gasteiger partial charge < -0.3 is 4.74 Å². The number of Topliss-reactive ketones (excluding diaryl/α,β-unsaturated/α-hetero) is 1. The van der Waals surface area contributed by atoms with Crippen molar-refractivity contribution in [1.29, 1.82) is 0 Å². The van der Waals surface area contributed by atoms with Crippen molar-refractivity contribution < 1.29 is 27.5 Å². The Morgan fingerprint density at radius 1 is 1.17 bits per heavy atom. The maximum Gasteiger partial charge on any atom is 0.326 e. The summed E-state index contributed by atoms with van der Waals surface area (Å²) in [6.07, 6.45) is -3.81. The van der Waals surface area contributed by atoms with Gasteiger partial charge in [-0.2, -0.15) is 0 Å². The summed E-state index contributed by atoms with van der Waals surface area (Å²) in [5, 5.41) is 0. The van der Waals surface area contributed by atoms with Crippen molar-refractivity contribution >= 4 is 11.8 Å². The average Bonchev–Trinajstić information content (AvgIpc) is 2.87. The first-order valence-corrected chi connectivity index (χ1v) is 7.27. The molecule has 1 aliphatic carbocycles. The Morgan fingerprint density at radius 2 is 1.88 bits per heavy atom. The number of esters is 1. The molecule has 0 aliphatic heterocycles. The Balaban J connectivity index is 1.87. The van der Waals surface area contributed by atoms with Gasteiger partial charge in [-0.25, -0.2) is 13.2 Å². The lowest BCUT2D eigenvalue weighted by molar-refractivity contribution is -0.161. The number of alkyl halides is 2. The Hall–Kier alpha value is -2.63. The molecule has 0 saturated heterocycles. The van der Waals surface area contributed by atoms with Crippen molar-refractivity contribution in [2.45, 2.75) is 19.5 Å². The molecule has 2 aromatic carbocycles. The Kier molecular flexibility index (Phi) is 4.13. The molecule has 3 nitrogen and oxygen atoms in total. The van der Waals surface area contributed by atoms with Crippen LogP contribution in [0.15, 0.2) is 48.5 Å². The number of halogens is 3. The summed E-state index contributed by atoms with van der Waals surface area (Å²) in [7, 11) is 0. The fourth-order valence-electron chi connectivity index (χ4n) is 2.83. The fraction of sp³-hybridized carbons (Fsp3) is 0.222. The van der Waals surface area contributed by atoms with E-state index in [0.29, 0.717) is 5.56 Å². The Bertz CT molecular complexity index is 789. The van der Waals surface area contributed by atoms with E-state index in [0.717, 1.165) is 18.2 Å². The molecule has 1 unspecified atom stereocenters. The van der Waals surface area contributed by atoms with Crippen molar-refractivity contribution in [2.24, 2.45) is 5.41 Å². The largest absolute Gasteiger partial charge is 0.460 e. The van der Waals surface area contributed by atoms with Crippen molar-refractivity contribution in [2.75, 3.05) is 0 Å². The molecule has 0 spiro atoms. The van der Waals surface area contributed by atoms with Crippen LogP contribution in [-0.2, 0) is 22.6 Å². The van der Waals surface area contributed by atoms with E-state index in [2.05, 4.69) is 0 Å². The second-order valence-electron chi connectivity index (χ2n) is 5.64. The smallest absolute Gasteiger partial charge is 0.326 e. The summed E-state index contributed by atoms with van der Waals surface area (Å²) in [6, 6.07) is 11.7. The number of benzene rings is 2. The zero-order valence-electron chi connectivity index (χ0n) is 12.5. The van der Waals surface area contributed by atoms with Crippen LogP contribution in [0.25, 0.3) is 0 Å². The summed E-state index contributed by atoms with van der Waals surface area (Å²) in [6.45, 7) is -0.216. The highest BCUT2D eigenvalue weighted by atomic mass is 19.3. The molecule has 24 heavy (non-hydrogen) atoms. The van der Waals surface area contributed by atoms with Crippen LogP contribution in [-0.4, -0.2) is 18.2 Å². The Morgan fingerprint density at radius 3 is 2.54 bits per heavy atom. The maximum absolute atomic E-state index is 13.7. The molecule has 0 heterocycles. The second kappa shape index (κ2) is 6.11. The SMILES string of the molecule is O=C(OCc1ccccc1)C1(C(F)F)Cc2cc(F)ccc2C1=O. The van der Waals surface area contributed by atoms with Gasteiger partial charge in [0.1, 0.15) is 12.4 Å². The third kappa shape index (κ3) is 2.58. The summed E-state index contributed by atoms with van der Waals surface area (Å²) < 4.78 is 45.6. The van der Waals surface area contributed by atoms with Gasteiger partial charge in [0.15, 0.2) is 11.2 Å². The van der Waals surface area contributed by atoms with Gasteiger partial charge in [-0.1, -0.05) is 30.3 Å². The van der Waals surface area contributed by atoms with E-state index >= 15 is 0 Å². The number of hydrogen-bond acceptors (Lipinski definition) is 3. The zero-order valence-corrected chi connectivity index (χ0v) is 12.5. The minimum atomic E-state index is -3.25. The van der Waals surface area contributed by atoms with Gasteiger partial charge in [0.25, 0.3) is 6.43 Å². The third-order valence-corrected chi connectivity index (χ3v) is 4.14. The standard InChI is InChI=1S/C18H13F3O3/c19-13-6-7-14-12(8-13)9-18(15(14)22,16(20)21)17(23)24-10-11-4-2-1-3-5-11/h1-8,16H,9-10H2. The summed E-state index contributed by atoms with van der Waals surface area (Å²) in [5.74, 6) is -2.96. The lowest BCUT2D eigenvalue weighted by Crippen LogP contribution is -2.45. The van der Waals surface area contributed by atoms with Crippen molar-refractivity contribution in [3.05, 3.63) is 71.0 Å². The molecular formula is C18H13F3O3. The van der Waals surface area contributed by atoms with E-state index in [1.165, 1.54) is 0 Å². The van der Waals surface area contributed by atoms with Gasteiger partial charge in [-0.05, 0) is 29.3 Å². The van der Waals surface area contributed by atoms with Crippen LogP contribution in [0.1, 0.15) is 21.5 Å². The number of carbonyl (C=O) groups excluding carboxylic acids is 2. The van der Waals surface area contributed by atoms with E-state index in [-0.39, 0.29) is 17.7 Å². The lowest BCUT2D eigenvalue weighted by atomic mass is 9.84. The normalized spacial score (nSPS) is 19.4. The summed E-state index contributed by atoms with van der Waals surface area (Å²) in [4.78, 5) is 24.8. The third-order valence-electron chi connectivity index (χ3n) is 4.14. The van der Waals surface area contributed by atoms with Gasteiger partial charge in [0, 0.05) is 12.0 Å². The van der Waals surface area contributed by atoms with Crippen molar-refractivity contribution in [3.8, 4) is 0 Å². The number of ketones is 1. The molecule has 2 aromatic rings. The van der Waals surface area contributed by atoms with Crippen molar-refractivity contribution in [3.63, 3.8) is 0 Å². The molecule has 0 bridgehead atoms. The first-order chi connectivity index (χ1) is 11.4. The minimum absolute atomic E-state index is 0.0617. The predicted molar refractivity (Wildman–Crippen MR) is 79.1 cm³/mol. The number of fused-ring (bicyclic) bond motifs is 1. The van der Waals surface area contributed by atoms with Crippen molar-refractivity contribution in [1.82, 2.24) is 0 Å². The zero-order chi connectivity index (χ0) is 17.3.